The van der Waals surface area contributed by atoms with Crippen molar-refractivity contribution in [2.24, 2.45) is 5.84 Å². The number of nitrogens with one attached hydrogen (secondary N) is 2. The molecule has 18 heavy (non-hydrogen) atoms. The van der Waals surface area contributed by atoms with Crippen molar-refractivity contribution in [3.8, 4) is 0 Å². The summed E-state index contributed by atoms with van der Waals surface area (Å²) in [5, 5.41) is 2.88. The molecule has 0 saturated carbocycles. The number of aryl methyl sites for hydroxylation is 1. The molecule has 1 aromatic rings. The molecule has 1 heterocycles. The Morgan fingerprint density at radius 2 is 2.33 bits per heavy atom. The predicted molar refractivity (Wildman–Crippen MR) is 70.2 cm³/mol. The van der Waals surface area contributed by atoms with E-state index in [0.717, 1.165) is 12.1 Å². The standard InChI is InChI=1S/C12H20N4O2/c1-4-9(7-18-3)15-12(17)10-6-14-8(2)5-11(10)16-13/h5-6,9H,4,7,13H2,1-3H3,(H,14,16)(H,15,17). The number of rotatable bonds is 6. The van der Waals surface area contributed by atoms with E-state index in [0.29, 0.717) is 17.9 Å². The second kappa shape index (κ2) is 6.93. The van der Waals surface area contributed by atoms with Crippen LogP contribution in [0.15, 0.2) is 12.3 Å². The third kappa shape index (κ3) is 3.68. The zero-order valence-electron chi connectivity index (χ0n) is 11.0. The molecule has 6 heteroatoms. The molecular formula is C12H20N4O2. The van der Waals surface area contributed by atoms with Crippen molar-refractivity contribution in [3.63, 3.8) is 0 Å². The maximum atomic E-state index is 12.1. The summed E-state index contributed by atoms with van der Waals surface area (Å²) in [5.74, 6) is 5.19. The Morgan fingerprint density at radius 3 is 2.89 bits per heavy atom. The number of amides is 1. The van der Waals surface area contributed by atoms with Crippen LogP contribution in [0.5, 0.6) is 0 Å². The van der Waals surface area contributed by atoms with Crippen molar-refractivity contribution in [2.45, 2.75) is 26.3 Å². The predicted octanol–water partition coefficient (Wildman–Crippen LogP) is 0.830. The molecule has 0 saturated heterocycles. The van der Waals surface area contributed by atoms with Crippen LogP contribution in [0, 0.1) is 6.92 Å². The summed E-state index contributed by atoms with van der Waals surface area (Å²) >= 11 is 0. The molecule has 0 bridgehead atoms. The topological polar surface area (TPSA) is 89.3 Å². The molecule has 100 valence electrons. The van der Waals surface area contributed by atoms with E-state index < -0.39 is 0 Å². The molecule has 0 radical (unpaired) electrons. The molecule has 0 aliphatic heterocycles. The first-order valence-electron chi connectivity index (χ1n) is 5.85. The zero-order chi connectivity index (χ0) is 13.5. The molecule has 1 atom stereocenters. The first-order valence-corrected chi connectivity index (χ1v) is 5.85. The van der Waals surface area contributed by atoms with Crippen LogP contribution in [-0.4, -0.2) is 30.6 Å². The molecule has 6 nitrogen and oxygen atoms in total. The summed E-state index contributed by atoms with van der Waals surface area (Å²) in [4.78, 5) is 16.2. The van der Waals surface area contributed by atoms with Crippen molar-refractivity contribution in [2.75, 3.05) is 19.1 Å². The number of nitrogen functional groups attached to an aromatic ring is 1. The molecular weight excluding hydrogens is 232 g/mol. The van der Waals surface area contributed by atoms with Crippen molar-refractivity contribution in [1.82, 2.24) is 10.3 Å². The Balaban J connectivity index is 2.83. The quantitative estimate of drug-likeness (QED) is 0.515. The minimum Gasteiger partial charge on any atom is -0.383 e. The highest BCUT2D eigenvalue weighted by Gasteiger charge is 2.15. The largest absolute Gasteiger partial charge is 0.383 e. The van der Waals surface area contributed by atoms with Crippen LogP contribution >= 0.6 is 0 Å². The Hall–Kier alpha value is -1.66. The molecule has 1 unspecified atom stereocenters. The van der Waals surface area contributed by atoms with Crippen LogP contribution < -0.4 is 16.6 Å². The number of aromatic nitrogens is 1. The van der Waals surface area contributed by atoms with Crippen molar-refractivity contribution >= 4 is 11.6 Å². The number of ether oxygens (including phenoxy) is 1. The number of methoxy groups -OCH3 is 1. The van der Waals surface area contributed by atoms with Gasteiger partial charge in [0.05, 0.1) is 23.9 Å². The fourth-order valence-electron chi connectivity index (χ4n) is 1.59. The van der Waals surface area contributed by atoms with Crippen LogP contribution in [0.3, 0.4) is 0 Å². The van der Waals surface area contributed by atoms with Gasteiger partial charge in [0.1, 0.15) is 0 Å². The first kappa shape index (κ1) is 14.4. The molecule has 0 aliphatic carbocycles. The van der Waals surface area contributed by atoms with E-state index in [1.54, 1.807) is 13.2 Å². The van der Waals surface area contributed by atoms with Gasteiger partial charge in [-0.05, 0) is 19.4 Å². The molecule has 1 rings (SSSR count). The monoisotopic (exact) mass is 252 g/mol. The molecule has 0 aromatic carbocycles. The molecule has 1 amide bonds. The van der Waals surface area contributed by atoms with Crippen molar-refractivity contribution in [3.05, 3.63) is 23.5 Å². The van der Waals surface area contributed by atoms with E-state index in [4.69, 9.17) is 10.6 Å². The summed E-state index contributed by atoms with van der Waals surface area (Å²) in [6.07, 6.45) is 2.31. The number of carbonyl (C=O) groups is 1. The van der Waals surface area contributed by atoms with E-state index in [9.17, 15) is 4.79 Å². The minimum atomic E-state index is -0.209. The number of hydrogen-bond donors (Lipinski definition) is 3. The van der Waals surface area contributed by atoms with Gasteiger partial charge < -0.3 is 15.5 Å². The average Bonchev–Trinajstić information content (AvgIpc) is 2.37. The summed E-state index contributed by atoms with van der Waals surface area (Å²) in [6.45, 7) is 4.30. The van der Waals surface area contributed by atoms with Gasteiger partial charge in [0, 0.05) is 19.0 Å². The Kier molecular flexibility index (Phi) is 5.54. The lowest BCUT2D eigenvalue weighted by Gasteiger charge is -2.17. The van der Waals surface area contributed by atoms with Gasteiger partial charge in [-0.25, -0.2) is 0 Å². The number of anilines is 1. The van der Waals surface area contributed by atoms with Gasteiger partial charge in [-0.1, -0.05) is 6.92 Å². The highest BCUT2D eigenvalue weighted by Crippen LogP contribution is 2.14. The highest BCUT2D eigenvalue weighted by molar-refractivity contribution is 5.99. The maximum absolute atomic E-state index is 12.1. The summed E-state index contributed by atoms with van der Waals surface area (Å²) < 4.78 is 5.04. The van der Waals surface area contributed by atoms with E-state index in [1.165, 1.54) is 6.20 Å². The lowest BCUT2D eigenvalue weighted by Crippen LogP contribution is -2.38. The number of nitrogens with two attached hydrogens (primary N) is 1. The van der Waals surface area contributed by atoms with Crippen LogP contribution in [0.1, 0.15) is 29.4 Å². The average molecular weight is 252 g/mol. The summed E-state index contributed by atoms with van der Waals surface area (Å²) in [6, 6.07) is 1.71. The Morgan fingerprint density at radius 1 is 1.61 bits per heavy atom. The van der Waals surface area contributed by atoms with Crippen LogP contribution in [0.2, 0.25) is 0 Å². The van der Waals surface area contributed by atoms with Crippen molar-refractivity contribution in [1.29, 1.82) is 0 Å². The van der Waals surface area contributed by atoms with Gasteiger partial charge in [-0.3, -0.25) is 15.6 Å². The molecule has 1 aromatic heterocycles. The lowest BCUT2D eigenvalue weighted by molar-refractivity contribution is 0.0895. The summed E-state index contributed by atoms with van der Waals surface area (Å²) in [5.41, 5.74) is 4.29. The molecule has 0 fully saturated rings. The number of pyridine rings is 1. The fourth-order valence-corrected chi connectivity index (χ4v) is 1.59. The van der Waals surface area contributed by atoms with Crippen LogP contribution in [-0.2, 0) is 4.74 Å². The van der Waals surface area contributed by atoms with E-state index in [-0.39, 0.29) is 11.9 Å². The van der Waals surface area contributed by atoms with Gasteiger partial charge in [0.25, 0.3) is 5.91 Å². The molecule has 4 N–H and O–H groups in total. The fraction of sp³-hybridized carbons (Fsp3) is 0.500. The summed E-state index contributed by atoms with van der Waals surface area (Å²) in [7, 11) is 1.61. The van der Waals surface area contributed by atoms with E-state index >= 15 is 0 Å². The number of hydrogen-bond acceptors (Lipinski definition) is 5. The highest BCUT2D eigenvalue weighted by atomic mass is 16.5. The second-order valence-corrected chi connectivity index (χ2v) is 4.05. The SMILES string of the molecule is CCC(COC)NC(=O)c1cnc(C)cc1NN. The normalized spacial score (nSPS) is 12.0. The van der Waals surface area contributed by atoms with Gasteiger partial charge >= 0.3 is 0 Å². The third-order valence-electron chi connectivity index (χ3n) is 2.64. The first-order chi connectivity index (χ1) is 8.62. The number of hydrazine groups is 1. The third-order valence-corrected chi connectivity index (χ3v) is 2.64. The number of nitrogens with zero attached hydrogens (tertiary/aromatic N) is 1. The van der Waals surface area contributed by atoms with Crippen LogP contribution in [0.4, 0.5) is 5.69 Å². The molecule has 0 aliphatic rings. The minimum absolute atomic E-state index is 0.0190. The van der Waals surface area contributed by atoms with Gasteiger partial charge in [-0.2, -0.15) is 0 Å². The van der Waals surface area contributed by atoms with E-state index in [1.807, 2.05) is 13.8 Å². The van der Waals surface area contributed by atoms with Gasteiger partial charge in [0.15, 0.2) is 0 Å². The number of carbonyl (C=O) groups excluding carboxylic acids is 1. The van der Waals surface area contributed by atoms with Gasteiger partial charge in [0.2, 0.25) is 0 Å². The smallest absolute Gasteiger partial charge is 0.255 e. The zero-order valence-corrected chi connectivity index (χ0v) is 11.0. The maximum Gasteiger partial charge on any atom is 0.255 e. The van der Waals surface area contributed by atoms with Crippen LogP contribution in [0.25, 0.3) is 0 Å². The Labute approximate surface area is 107 Å². The Bertz CT molecular complexity index is 409. The molecule has 0 spiro atoms. The lowest BCUT2D eigenvalue weighted by atomic mass is 10.1. The van der Waals surface area contributed by atoms with Crippen molar-refractivity contribution < 1.29 is 9.53 Å². The van der Waals surface area contributed by atoms with Gasteiger partial charge in [-0.15, -0.1) is 0 Å². The second-order valence-electron chi connectivity index (χ2n) is 4.05. The van der Waals surface area contributed by atoms with E-state index in [2.05, 4.69) is 15.7 Å².